The highest BCUT2D eigenvalue weighted by molar-refractivity contribution is 9.10. The Labute approximate surface area is 126 Å². The van der Waals surface area contributed by atoms with E-state index in [2.05, 4.69) is 21.2 Å². The number of amides is 1. The van der Waals surface area contributed by atoms with E-state index in [-0.39, 0.29) is 19.0 Å². The maximum absolute atomic E-state index is 11.9. The Bertz CT molecular complexity index is 486. The molecular weight excluding hydrogens is 324 g/mol. The highest BCUT2D eigenvalue weighted by Crippen LogP contribution is 2.29. The van der Waals surface area contributed by atoms with Gasteiger partial charge in [0.05, 0.1) is 13.1 Å². The largest absolute Gasteiger partial charge is 0.480 e. The van der Waals surface area contributed by atoms with Crippen molar-refractivity contribution in [2.75, 3.05) is 25.0 Å². The fourth-order valence-electron chi connectivity index (χ4n) is 1.98. The van der Waals surface area contributed by atoms with Gasteiger partial charge < -0.3 is 10.4 Å². The first-order valence-electron chi connectivity index (χ1n) is 6.52. The third-order valence-corrected chi connectivity index (χ3v) is 3.60. The van der Waals surface area contributed by atoms with E-state index in [0.717, 1.165) is 17.3 Å². The lowest BCUT2D eigenvalue weighted by Gasteiger charge is -2.19. The number of benzene rings is 1. The Hall–Kier alpha value is -1.40. The molecule has 1 aliphatic rings. The summed E-state index contributed by atoms with van der Waals surface area (Å²) >= 11 is 3.33. The van der Waals surface area contributed by atoms with Crippen LogP contribution >= 0.6 is 15.9 Å². The maximum Gasteiger partial charge on any atom is 0.317 e. The summed E-state index contributed by atoms with van der Waals surface area (Å²) in [6, 6.07) is 7.28. The van der Waals surface area contributed by atoms with Crippen LogP contribution in [0.15, 0.2) is 28.7 Å². The lowest BCUT2D eigenvalue weighted by molar-refractivity contribution is -0.138. The van der Waals surface area contributed by atoms with Crippen molar-refractivity contribution in [3.63, 3.8) is 0 Å². The fraction of sp³-hybridized carbons (Fsp3) is 0.429. The van der Waals surface area contributed by atoms with E-state index in [1.54, 1.807) is 17.0 Å². The fourth-order valence-corrected chi connectivity index (χ4v) is 2.24. The number of hydrogen-bond acceptors (Lipinski definition) is 3. The zero-order valence-electron chi connectivity index (χ0n) is 11.0. The van der Waals surface area contributed by atoms with Crippen LogP contribution in [0.2, 0.25) is 0 Å². The molecule has 0 saturated heterocycles. The number of anilines is 1. The van der Waals surface area contributed by atoms with E-state index in [1.165, 1.54) is 0 Å². The van der Waals surface area contributed by atoms with Crippen molar-refractivity contribution in [3.8, 4) is 0 Å². The average Bonchev–Trinajstić information content (AvgIpc) is 3.15. The van der Waals surface area contributed by atoms with Crippen molar-refractivity contribution in [2.45, 2.75) is 12.8 Å². The molecule has 0 spiro atoms. The molecule has 0 unspecified atom stereocenters. The van der Waals surface area contributed by atoms with Gasteiger partial charge in [-0.1, -0.05) is 15.9 Å². The molecule has 0 bridgehead atoms. The van der Waals surface area contributed by atoms with Gasteiger partial charge in [0, 0.05) is 16.7 Å². The van der Waals surface area contributed by atoms with Crippen molar-refractivity contribution in [1.82, 2.24) is 4.90 Å². The summed E-state index contributed by atoms with van der Waals surface area (Å²) in [4.78, 5) is 24.4. The van der Waals surface area contributed by atoms with Gasteiger partial charge in [0.25, 0.3) is 0 Å². The Balaban J connectivity index is 1.86. The van der Waals surface area contributed by atoms with E-state index in [0.29, 0.717) is 18.2 Å². The minimum Gasteiger partial charge on any atom is -0.480 e. The summed E-state index contributed by atoms with van der Waals surface area (Å²) < 4.78 is 0.941. The zero-order chi connectivity index (χ0) is 14.5. The summed E-state index contributed by atoms with van der Waals surface area (Å²) in [7, 11) is 0. The molecule has 2 rings (SSSR count). The smallest absolute Gasteiger partial charge is 0.317 e. The number of nitrogens with zero attached hydrogens (tertiary/aromatic N) is 1. The number of nitrogens with one attached hydrogen (secondary N) is 1. The molecule has 0 radical (unpaired) electrons. The number of carbonyl (C=O) groups excluding carboxylic acids is 1. The second-order valence-corrected chi connectivity index (χ2v) is 5.98. The first-order valence-corrected chi connectivity index (χ1v) is 7.32. The molecule has 108 valence electrons. The second-order valence-electron chi connectivity index (χ2n) is 5.06. The predicted molar refractivity (Wildman–Crippen MR) is 79.6 cm³/mol. The number of carbonyl (C=O) groups is 2. The molecule has 2 N–H and O–H groups in total. The van der Waals surface area contributed by atoms with Gasteiger partial charge in [0.15, 0.2) is 0 Å². The average molecular weight is 341 g/mol. The number of hydrogen-bond donors (Lipinski definition) is 2. The topological polar surface area (TPSA) is 69.6 Å². The molecular formula is C14H17BrN2O3. The molecule has 1 aromatic carbocycles. The zero-order valence-corrected chi connectivity index (χ0v) is 12.6. The molecule has 0 atom stereocenters. The third kappa shape index (κ3) is 5.30. The summed E-state index contributed by atoms with van der Waals surface area (Å²) in [6.07, 6.45) is 2.26. The minimum absolute atomic E-state index is 0.0930. The number of halogens is 1. The molecule has 1 aliphatic carbocycles. The first-order chi connectivity index (χ1) is 9.52. The number of carboxylic acids is 1. The lowest BCUT2D eigenvalue weighted by Crippen LogP contribution is -2.38. The second kappa shape index (κ2) is 6.85. The summed E-state index contributed by atoms with van der Waals surface area (Å²) in [5.41, 5.74) is 0.708. The van der Waals surface area contributed by atoms with Crippen LogP contribution in [0.5, 0.6) is 0 Å². The maximum atomic E-state index is 11.9. The van der Waals surface area contributed by atoms with Crippen LogP contribution in [0.4, 0.5) is 5.69 Å². The van der Waals surface area contributed by atoms with Crippen molar-refractivity contribution in [1.29, 1.82) is 0 Å². The molecule has 1 amide bonds. The van der Waals surface area contributed by atoms with Gasteiger partial charge in [0.2, 0.25) is 5.91 Å². The summed E-state index contributed by atoms with van der Waals surface area (Å²) in [5, 5.41) is 11.6. The number of carboxylic acid groups (broad SMARTS) is 1. The van der Waals surface area contributed by atoms with E-state index < -0.39 is 5.97 Å². The third-order valence-electron chi connectivity index (χ3n) is 3.07. The van der Waals surface area contributed by atoms with E-state index in [4.69, 9.17) is 5.11 Å². The SMILES string of the molecule is O=C(O)CN(CC(=O)Nc1ccc(Br)cc1)CC1CC1. The minimum atomic E-state index is -0.901. The molecule has 1 fully saturated rings. The van der Waals surface area contributed by atoms with Crippen LogP contribution in [0.3, 0.4) is 0 Å². The van der Waals surface area contributed by atoms with Gasteiger partial charge in [-0.2, -0.15) is 0 Å². The van der Waals surface area contributed by atoms with Crippen LogP contribution in [0.25, 0.3) is 0 Å². The Kier molecular flexibility index (Phi) is 5.14. The Morgan fingerprint density at radius 3 is 2.45 bits per heavy atom. The highest BCUT2D eigenvalue weighted by atomic mass is 79.9. The summed E-state index contributed by atoms with van der Waals surface area (Å²) in [5.74, 6) is -0.536. The molecule has 0 heterocycles. The van der Waals surface area contributed by atoms with Crippen LogP contribution in [0, 0.1) is 5.92 Å². The molecule has 5 nitrogen and oxygen atoms in total. The number of rotatable bonds is 7. The molecule has 6 heteroatoms. The normalized spacial score (nSPS) is 14.3. The van der Waals surface area contributed by atoms with Crippen molar-refractivity contribution >= 4 is 33.5 Å². The van der Waals surface area contributed by atoms with Crippen LogP contribution in [-0.4, -0.2) is 41.5 Å². The molecule has 20 heavy (non-hydrogen) atoms. The molecule has 0 aromatic heterocycles. The molecule has 0 aliphatic heterocycles. The van der Waals surface area contributed by atoms with Gasteiger partial charge in [-0.15, -0.1) is 0 Å². The van der Waals surface area contributed by atoms with Gasteiger partial charge >= 0.3 is 5.97 Å². The van der Waals surface area contributed by atoms with E-state index in [9.17, 15) is 9.59 Å². The van der Waals surface area contributed by atoms with Crippen LogP contribution in [-0.2, 0) is 9.59 Å². The Morgan fingerprint density at radius 1 is 1.25 bits per heavy atom. The van der Waals surface area contributed by atoms with Crippen molar-refractivity contribution in [2.24, 2.45) is 5.92 Å². The van der Waals surface area contributed by atoms with Gasteiger partial charge in [0.1, 0.15) is 0 Å². The van der Waals surface area contributed by atoms with Gasteiger partial charge in [-0.05, 0) is 43.0 Å². The molecule has 1 saturated carbocycles. The first kappa shape index (κ1) is 15.0. The van der Waals surface area contributed by atoms with E-state index in [1.807, 2.05) is 12.1 Å². The van der Waals surface area contributed by atoms with Crippen molar-refractivity contribution < 1.29 is 14.7 Å². The highest BCUT2D eigenvalue weighted by Gasteiger charge is 2.26. The van der Waals surface area contributed by atoms with Crippen LogP contribution in [0.1, 0.15) is 12.8 Å². The van der Waals surface area contributed by atoms with Gasteiger partial charge in [-0.3, -0.25) is 14.5 Å². The van der Waals surface area contributed by atoms with Gasteiger partial charge in [-0.25, -0.2) is 0 Å². The predicted octanol–water partition coefficient (Wildman–Crippen LogP) is 2.18. The Morgan fingerprint density at radius 2 is 1.90 bits per heavy atom. The monoisotopic (exact) mass is 340 g/mol. The number of aliphatic carboxylic acids is 1. The summed E-state index contributed by atoms with van der Waals surface area (Å²) in [6.45, 7) is 0.698. The van der Waals surface area contributed by atoms with Crippen LogP contribution < -0.4 is 5.32 Å². The van der Waals surface area contributed by atoms with Crippen molar-refractivity contribution in [3.05, 3.63) is 28.7 Å². The quantitative estimate of drug-likeness (QED) is 0.798. The molecule has 1 aromatic rings. The van der Waals surface area contributed by atoms with E-state index >= 15 is 0 Å². The standard InChI is InChI=1S/C14H17BrN2O3/c15-11-3-5-12(6-4-11)16-13(18)8-17(9-14(19)20)7-10-1-2-10/h3-6,10H,1-2,7-9H2,(H,16,18)(H,19,20). The lowest BCUT2D eigenvalue weighted by atomic mass is 10.3.